The summed E-state index contributed by atoms with van der Waals surface area (Å²) in [4.78, 5) is 0. The molecule has 1 unspecified atom stereocenters. The second-order valence-electron chi connectivity index (χ2n) is 1.51. The number of hydrogen-bond donors (Lipinski definition) is 0. The largest absolute Gasteiger partial charge is 0.341 e. The molecule has 0 nitrogen and oxygen atoms in total. The van der Waals surface area contributed by atoms with Crippen molar-refractivity contribution in [1.82, 2.24) is 0 Å². The molecular weight excluding hydrogens is 125 g/mol. The Kier molecular flexibility index (Phi) is 9.18. The zero-order valence-electron chi connectivity index (χ0n) is 4.70. The fourth-order valence-electron chi connectivity index (χ4n) is 0. The van der Waals surface area contributed by atoms with Crippen molar-refractivity contribution in [2.24, 2.45) is 5.92 Å². The molecule has 0 aromatic rings. The molecule has 0 heterocycles. The van der Waals surface area contributed by atoms with Gasteiger partial charge in [-0.15, -0.1) is 0 Å². The maximum absolute atomic E-state index is 3.76. The fourth-order valence-corrected chi connectivity index (χ4v) is 0. The molecule has 1 heteroatoms. The molecule has 0 bridgehead atoms. The molecule has 6 heavy (non-hydrogen) atoms. The van der Waals surface area contributed by atoms with Gasteiger partial charge < -0.3 is 6.92 Å². The van der Waals surface area contributed by atoms with Gasteiger partial charge >= 0.3 is 0 Å². The number of rotatable bonds is 1. The molecule has 0 spiro atoms. The van der Waals surface area contributed by atoms with E-state index in [2.05, 4.69) is 20.8 Å². The molecular formula is C5H11Zn-. The Balaban J connectivity index is 0. The molecule has 0 aliphatic heterocycles. The van der Waals surface area contributed by atoms with Gasteiger partial charge in [0, 0.05) is 19.5 Å². The third kappa shape index (κ3) is 8.82. The predicted octanol–water partition coefficient (Wildman–Crippen LogP) is 1.86. The normalized spacial score (nSPS) is 12.5. The van der Waals surface area contributed by atoms with Gasteiger partial charge in [-0.1, -0.05) is 20.3 Å². The Bertz CT molecular complexity index is 17.9. The molecule has 0 fully saturated rings. The first-order valence-electron chi connectivity index (χ1n) is 2.10. The molecule has 0 saturated heterocycles. The topological polar surface area (TPSA) is 0 Å². The van der Waals surface area contributed by atoms with Crippen LogP contribution < -0.4 is 0 Å². The minimum Gasteiger partial charge on any atom is -0.341 e. The van der Waals surface area contributed by atoms with Crippen LogP contribution in [0.4, 0.5) is 0 Å². The second kappa shape index (κ2) is 5.62. The van der Waals surface area contributed by atoms with Crippen LogP contribution in [-0.4, -0.2) is 0 Å². The summed E-state index contributed by atoms with van der Waals surface area (Å²) in [7, 11) is 0. The molecule has 0 aliphatic carbocycles. The summed E-state index contributed by atoms with van der Waals surface area (Å²) < 4.78 is 0. The molecule has 0 aromatic carbocycles. The third-order valence-corrected chi connectivity index (χ3v) is 0.697. The average Bonchev–Trinajstić information content (AvgIpc) is 1.38. The van der Waals surface area contributed by atoms with Crippen molar-refractivity contribution in [2.75, 3.05) is 0 Å². The molecule has 1 atom stereocenters. The van der Waals surface area contributed by atoms with Gasteiger partial charge in [-0.25, -0.2) is 0 Å². The van der Waals surface area contributed by atoms with Crippen LogP contribution in [0.3, 0.4) is 0 Å². The van der Waals surface area contributed by atoms with Gasteiger partial charge in [-0.3, -0.25) is 0 Å². The quantitative estimate of drug-likeness (QED) is 0.381. The van der Waals surface area contributed by atoms with Crippen LogP contribution in [0, 0.1) is 12.8 Å². The SMILES string of the molecule is [CH2-]C(C)CC.[Zn]. The molecule has 0 saturated carbocycles. The Morgan fingerprint density at radius 2 is 1.83 bits per heavy atom. The van der Waals surface area contributed by atoms with E-state index in [1.54, 1.807) is 0 Å². The minimum atomic E-state index is 0. The molecule has 0 N–H and O–H groups in total. The summed E-state index contributed by atoms with van der Waals surface area (Å²) in [6.45, 7) is 8.00. The van der Waals surface area contributed by atoms with E-state index >= 15 is 0 Å². The van der Waals surface area contributed by atoms with Crippen LogP contribution in [0.1, 0.15) is 20.3 Å². The van der Waals surface area contributed by atoms with Crippen molar-refractivity contribution in [3.63, 3.8) is 0 Å². The maximum Gasteiger partial charge on any atom is 0 e. The Morgan fingerprint density at radius 1 is 1.67 bits per heavy atom. The van der Waals surface area contributed by atoms with Crippen molar-refractivity contribution in [3.05, 3.63) is 6.92 Å². The van der Waals surface area contributed by atoms with Gasteiger partial charge in [0.25, 0.3) is 0 Å². The van der Waals surface area contributed by atoms with Crippen LogP contribution in [0.15, 0.2) is 0 Å². The van der Waals surface area contributed by atoms with Crippen molar-refractivity contribution in [2.45, 2.75) is 20.3 Å². The Hall–Kier alpha value is 0.623. The van der Waals surface area contributed by atoms with Crippen molar-refractivity contribution in [1.29, 1.82) is 0 Å². The summed E-state index contributed by atoms with van der Waals surface area (Å²) in [6, 6.07) is 0. The zero-order chi connectivity index (χ0) is 4.28. The molecule has 0 aliphatic rings. The van der Waals surface area contributed by atoms with E-state index in [1.807, 2.05) is 0 Å². The summed E-state index contributed by atoms with van der Waals surface area (Å²) in [5.74, 6) is 0.634. The first-order chi connectivity index (χ1) is 2.27. The second-order valence-corrected chi connectivity index (χ2v) is 1.51. The number of hydrogen-bond acceptors (Lipinski definition) is 0. The van der Waals surface area contributed by atoms with E-state index in [9.17, 15) is 0 Å². The molecule has 34 valence electrons. The van der Waals surface area contributed by atoms with Crippen LogP contribution in [-0.2, 0) is 19.5 Å². The molecule has 0 rings (SSSR count). The molecule has 0 radical (unpaired) electrons. The third-order valence-electron chi connectivity index (χ3n) is 0.697. The van der Waals surface area contributed by atoms with Crippen molar-refractivity contribution >= 4 is 0 Å². The standard InChI is InChI=1S/C5H11.Zn/c1-4-5(2)3;/h5H,2,4H2,1,3H3;/q-1;. The van der Waals surface area contributed by atoms with Crippen LogP contribution in [0.5, 0.6) is 0 Å². The van der Waals surface area contributed by atoms with Gasteiger partial charge in [-0.05, 0) is 0 Å². The van der Waals surface area contributed by atoms with E-state index in [4.69, 9.17) is 0 Å². The maximum atomic E-state index is 3.76. The summed E-state index contributed by atoms with van der Waals surface area (Å²) >= 11 is 0. The van der Waals surface area contributed by atoms with Gasteiger partial charge in [0.15, 0.2) is 0 Å². The average molecular weight is 137 g/mol. The van der Waals surface area contributed by atoms with Crippen LogP contribution >= 0.6 is 0 Å². The smallest absolute Gasteiger partial charge is 0 e. The summed E-state index contributed by atoms with van der Waals surface area (Å²) in [6.07, 6.45) is 1.19. The molecule has 0 aromatic heterocycles. The van der Waals surface area contributed by atoms with Crippen LogP contribution in [0.25, 0.3) is 0 Å². The van der Waals surface area contributed by atoms with Gasteiger partial charge in [0.05, 0.1) is 0 Å². The van der Waals surface area contributed by atoms with Crippen molar-refractivity contribution in [3.8, 4) is 0 Å². The van der Waals surface area contributed by atoms with Gasteiger partial charge in [-0.2, -0.15) is 5.92 Å². The van der Waals surface area contributed by atoms with E-state index in [0.717, 1.165) is 0 Å². The van der Waals surface area contributed by atoms with Crippen LogP contribution in [0.2, 0.25) is 0 Å². The zero-order valence-corrected chi connectivity index (χ0v) is 7.67. The van der Waals surface area contributed by atoms with Gasteiger partial charge in [0.2, 0.25) is 0 Å². The van der Waals surface area contributed by atoms with Gasteiger partial charge in [0.1, 0.15) is 0 Å². The Labute approximate surface area is 53.1 Å². The summed E-state index contributed by atoms with van der Waals surface area (Å²) in [5, 5.41) is 0. The minimum absolute atomic E-state index is 0. The first-order valence-corrected chi connectivity index (χ1v) is 2.10. The van der Waals surface area contributed by atoms with E-state index in [1.165, 1.54) is 6.42 Å². The molecule has 0 amide bonds. The van der Waals surface area contributed by atoms with E-state index in [0.29, 0.717) is 5.92 Å². The first kappa shape index (κ1) is 9.80. The fraction of sp³-hybridized carbons (Fsp3) is 0.800. The predicted molar refractivity (Wildman–Crippen MR) is 24.8 cm³/mol. The van der Waals surface area contributed by atoms with E-state index < -0.39 is 0 Å². The summed E-state index contributed by atoms with van der Waals surface area (Å²) in [5.41, 5.74) is 0. The monoisotopic (exact) mass is 135 g/mol. The van der Waals surface area contributed by atoms with E-state index in [-0.39, 0.29) is 19.5 Å². The Morgan fingerprint density at radius 3 is 1.83 bits per heavy atom. The van der Waals surface area contributed by atoms with Crippen molar-refractivity contribution < 1.29 is 19.5 Å².